The van der Waals surface area contributed by atoms with Gasteiger partial charge in [-0.05, 0) is 25.5 Å². The second kappa shape index (κ2) is 5.99. The van der Waals surface area contributed by atoms with Gasteiger partial charge in [-0.2, -0.15) is 0 Å². The highest BCUT2D eigenvalue weighted by molar-refractivity contribution is 5.48. The first-order valence-electron chi connectivity index (χ1n) is 6.44. The van der Waals surface area contributed by atoms with Crippen LogP contribution in [-0.4, -0.2) is 31.8 Å². The summed E-state index contributed by atoms with van der Waals surface area (Å²) in [6, 6.07) is 10.5. The van der Waals surface area contributed by atoms with Crippen molar-refractivity contribution in [1.82, 2.24) is 0 Å². The van der Waals surface area contributed by atoms with Crippen LogP contribution in [0.3, 0.4) is 0 Å². The zero-order valence-corrected chi connectivity index (χ0v) is 10.7. The third-order valence-electron chi connectivity index (χ3n) is 3.13. The number of benzene rings is 1. The Morgan fingerprint density at radius 2 is 1.82 bits per heavy atom. The first-order chi connectivity index (χ1) is 8.24. The van der Waals surface area contributed by atoms with Crippen molar-refractivity contribution in [2.75, 3.05) is 19.6 Å². The zero-order valence-electron chi connectivity index (χ0n) is 10.7. The van der Waals surface area contributed by atoms with E-state index in [9.17, 15) is 0 Å². The molecule has 0 unspecified atom stereocenters. The van der Waals surface area contributed by atoms with Crippen molar-refractivity contribution in [2.24, 2.45) is 0 Å². The van der Waals surface area contributed by atoms with Crippen molar-refractivity contribution in [3.05, 3.63) is 42.0 Å². The lowest BCUT2D eigenvalue weighted by molar-refractivity contribution is -0.909. The second-order valence-corrected chi connectivity index (χ2v) is 4.93. The monoisotopic (exact) mass is 232 g/mol. The van der Waals surface area contributed by atoms with Crippen molar-refractivity contribution in [3.63, 3.8) is 0 Å². The van der Waals surface area contributed by atoms with Crippen LogP contribution in [0.2, 0.25) is 0 Å². The van der Waals surface area contributed by atoms with Crippen molar-refractivity contribution in [1.29, 1.82) is 0 Å². The van der Waals surface area contributed by atoms with E-state index in [1.165, 1.54) is 5.56 Å². The number of morpholine rings is 1. The molecule has 17 heavy (non-hydrogen) atoms. The number of nitrogens with one attached hydrogen (secondary N) is 1. The Hall–Kier alpha value is -1.12. The molecule has 2 atom stereocenters. The van der Waals surface area contributed by atoms with E-state index in [0.717, 1.165) is 19.6 Å². The molecule has 0 saturated carbocycles. The molecule has 1 fully saturated rings. The molecule has 1 aromatic carbocycles. The quantitative estimate of drug-likeness (QED) is 0.831. The first-order valence-corrected chi connectivity index (χ1v) is 6.44. The Morgan fingerprint density at radius 1 is 1.18 bits per heavy atom. The molecule has 0 spiro atoms. The number of rotatable bonds is 3. The van der Waals surface area contributed by atoms with Crippen LogP contribution in [0.25, 0.3) is 6.08 Å². The molecule has 0 aromatic heterocycles. The maximum absolute atomic E-state index is 5.74. The van der Waals surface area contributed by atoms with E-state index in [1.54, 1.807) is 4.90 Å². The predicted octanol–water partition coefficient (Wildman–Crippen LogP) is 1.39. The average molecular weight is 232 g/mol. The van der Waals surface area contributed by atoms with Crippen molar-refractivity contribution in [2.45, 2.75) is 26.1 Å². The molecular formula is C15H22NO+. The fourth-order valence-corrected chi connectivity index (χ4v) is 2.48. The van der Waals surface area contributed by atoms with E-state index in [1.807, 2.05) is 6.07 Å². The van der Waals surface area contributed by atoms with Gasteiger partial charge in [-0.1, -0.05) is 36.4 Å². The molecule has 2 nitrogen and oxygen atoms in total. The summed E-state index contributed by atoms with van der Waals surface area (Å²) in [4.78, 5) is 1.61. The summed E-state index contributed by atoms with van der Waals surface area (Å²) < 4.78 is 5.74. The van der Waals surface area contributed by atoms with Gasteiger partial charge < -0.3 is 9.64 Å². The summed E-state index contributed by atoms with van der Waals surface area (Å²) in [5.41, 5.74) is 1.28. The van der Waals surface area contributed by atoms with Crippen molar-refractivity contribution < 1.29 is 9.64 Å². The summed E-state index contributed by atoms with van der Waals surface area (Å²) in [5, 5.41) is 0. The van der Waals surface area contributed by atoms with Crippen LogP contribution in [0, 0.1) is 0 Å². The van der Waals surface area contributed by atoms with Crippen LogP contribution in [-0.2, 0) is 4.74 Å². The minimum Gasteiger partial charge on any atom is -0.364 e. The molecule has 2 rings (SSSR count). The van der Waals surface area contributed by atoms with Crippen LogP contribution in [0.15, 0.2) is 36.4 Å². The van der Waals surface area contributed by atoms with E-state index >= 15 is 0 Å². The third-order valence-corrected chi connectivity index (χ3v) is 3.13. The maximum atomic E-state index is 5.74. The first kappa shape index (κ1) is 12.3. The molecule has 0 bridgehead atoms. The number of hydrogen-bond donors (Lipinski definition) is 1. The van der Waals surface area contributed by atoms with Crippen LogP contribution in [0.4, 0.5) is 0 Å². The lowest BCUT2D eigenvalue weighted by atomic mass is 10.2. The standard InChI is InChI=1S/C15H21NO/c1-13-11-16(12-14(2)17-13)10-6-9-15-7-4-3-5-8-15/h3-9,13-14H,10-12H2,1-2H3/p+1/b9-6+/t13-,14-/m0/s1. The van der Waals surface area contributed by atoms with Crippen LogP contribution in [0.5, 0.6) is 0 Å². The third kappa shape index (κ3) is 3.99. The summed E-state index contributed by atoms with van der Waals surface area (Å²) in [6.45, 7) is 7.65. The molecule has 1 aliphatic heterocycles. The summed E-state index contributed by atoms with van der Waals surface area (Å²) in [6.07, 6.45) is 5.26. The molecule has 92 valence electrons. The van der Waals surface area contributed by atoms with E-state index < -0.39 is 0 Å². The Kier molecular flexibility index (Phi) is 4.35. The lowest BCUT2D eigenvalue weighted by Crippen LogP contribution is -3.15. The number of quaternary nitrogens is 1. The SMILES string of the molecule is C[C@H]1C[NH+](C/C=C/c2ccccc2)C[C@H](C)O1. The fourth-order valence-electron chi connectivity index (χ4n) is 2.48. The molecule has 0 aliphatic carbocycles. The predicted molar refractivity (Wildman–Crippen MR) is 71.0 cm³/mol. The van der Waals surface area contributed by atoms with Gasteiger partial charge in [-0.3, -0.25) is 0 Å². The normalized spacial score (nSPS) is 29.6. The molecule has 0 radical (unpaired) electrons. The van der Waals surface area contributed by atoms with Gasteiger partial charge in [0.25, 0.3) is 0 Å². The Labute approximate surface area is 104 Å². The van der Waals surface area contributed by atoms with Gasteiger partial charge >= 0.3 is 0 Å². The highest BCUT2D eigenvalue weighted by Crippen LogP contribution is 2.01. The maximum Gasteiger partial charge on any atom is 0.104 e. The minimum absolute atomic E-state index is 0.388. The van der Waals surface area contributed by atoms with E-state index in [-0.39, 0.29) is 0 Å². The Balaban J connectivity index is 1.83. The van der Waals surface area contributed by atoms with E-state index in [0.29, 0.717) is 12.2 Å². The largest absolute Gasteiger partial charge is 0.364 e. The molecule has 1 aromatic rings. The highest BCUT2D eigenvalue weighted by atomic mass is 16.5. The summed E-state index contributed by atoms with van der Waals surface area (Å²) in [5.74, 6) is 0. The average Bonchev–Trinajstić information content (AvgIpc) is 2.29. The Morgan fingerprint density at radius 3 is 2.47 bits per heavy atom. The van der Waals surface area contributed by atoms with Crippen molar-refractivity contribution >= 4 is 6.08 Å². The van der Waals surface area contributed by atoms with E-state index in [4.69, 9.17) is 4.74 Å². The molecule has 1 N–H and O–H groups in total. The molecule has 2 heteroatoms. The number of hydrogen-bond acceptors (Lipinski definition) is 1. The van der Waals surface area contributed by atoms with Gasteiger partial charge in [0.05, 0.1) is 6.54 Å². The van der Waals surface area contributed by atoms with Crippen LogP contribution in [0.1, 0.15) is 19.4 Å². The fraction of sp³-hybridized carbons (Fsp3) is 0.467. The topological polar surface area (TPSA) is 13.7 Å². The number of ether oxygens (including phenoxy) is 1. The van der Waals surface area contributed by atoms with Gasteiger partial charge in [-0.15, -0.1) is 0 Å². The molecule has 0 amide bonds. The molecule has 1 saturated heterocycles. The molecule has 1 aliphatic rings. The van der Waals surface area contributed by atoms with Gasteiger partial charge in [-0.25, -0.2) is 0 Å². The van der Waals surface area contributed by atoms with Gasteiger partial charge in [0.2, 0.25) is 0 Å². The second-order valence-electron chi connectivity index (χ2n) is 4.93. The Bertz CT molecular complexity index is 350. The summed E-state index contributed by atoms with van der Waals surface area (Å²) >= 11 is 0. The van der Waals surface area contributed by atoms with Gasteiger partial charge in [0, 0.05) is 0 Å². The minimum atomic E-state index is 0.388. The molecule has 1 heterocycles. The zero-order chi connectivity index (χ0) is 12.1. The van der Waals surface area contributed by atoms with Gasteiger partial charge in [0.15, 0.2) is 0 Å². The molecular weight excluding hydrogens is 210 g/mol. The summed E-state index contributed by atoms with van der Waals surface area (Å²) in [7, 11) is 0. The van der Waals surface area contributed by atoms with Crippen LogP contribution < -0.4 is 4.90 Å². The highest BCUT2D eigenvalue weighted by Gasteiger charge is 2.24. The van der Waals surface area contributed by atoms with Gasteiger partial charge in [0.1, 0.15) is 25.3 Å². The lowest BCUT2D eigenvalue weighted by Gasteiger charge is -2.31. The van der Waals surface area contributed by atoms with Crippen molar-refractivity contribution in [3.8, 4) is 0 Å². The van der Waals surface area contributed by atoms with E-state index in [2.05, 4.69) is 50.3 Å². The smallest absolute Gasteiger partial charge is 0.104 e. The van der Waals surface area contributed by atoms with Crippen LogP contribution >= 0.6 is 0 Å².